The fourth-order valence-electron chi connectivity index (χ4n) is 7.28. The Bertz CT molecular complexity index is 2810. The van der Waals surface area contributed by atoms with Gasteiger partial charge in [0.05, 0.1) is 0 Å². The van der Waals surface area contributed by atoms with Crippen molar-refractivity contribution in [2.45, 2.75) is 0 Å². The number of furan rings is 1. The Morgan fingerprint density at radius 1 is 0.321 bits per heavy atom. The minimum absolute atomic E-state index is 0.600. The molecule has 248 valence electrons. The van der Waals surface area contributed by atoms with Crippen LogP contribution < -0.4 is 0 Å². The molecule has 0 aliphatic heterocycles. The van der Waals surface area contributed by atoms with Gasteiger partial charge in [0, 0.05) is 32.8 Å². The van der Waals surface area contributed by atoms with Gasteiger partial charge in [0.25, 0.3) is 0 Å². The van der Waals surface area contributed by atoms with E-state index in [1.165, 1.54) is 22.3 Å². The summed E-state index contributed by atoms with van der Waals surface area (Å²) in [6.45, 7) is 0. The first kappa shape index (κ1) is 30.6. The summed E-state index contributed by atoms with van der Waals surface area (Å²) in [7, 11) is 0. The fraction of sp³-hybridized carbons (Fsp3) is 0. The van der Waals surface area contributed by atoms with Gasteiger partial charge in [0.2, 0.25) is 0 Å². The highest BCUT2D eigenvalue weighted by Crippen LogP contribution is 2.42. The Morgan fingerprint density at radius 3 is 1.36 bits per heavy atom. The van der Waals surface area contributed by atoms with Crippen molar-refractivity contribution in [3.8, 4) is 67.5 Å². The van der Waals surface area contributed by atoms with E-state index in [9.17, 15) is 0 Å². The van der Waals surface area contributed by atoms with Gasteiger partial charge in [-0.15, -0.1) is 0 Å². The first-order valence-electron chi connectivity index (χ1n) is 17.8. The maximum atomic E-state index is 6.88. The second-order valence-electron chi connectivity index (χ2n) is 13.2. The Hall–Kier alpha value is -7.17. The second-order valence-corrected chi connectivity index (χ2v) is 13.2. The molecule has 10 aromatic rings. The first-order chi connectivity index (χ1) is 26.2. The number of hydrogen-bond acceptors (Lipinski definition) is 4. The van der Waals surface area contributed by atoms with Crippen molar-refractivity contribution in [2.24, 2.45) is 0 Å². The molecule has 4 heteroatoms. The Morgan fingerprint density at radius 2 is 0.792 bits per heavy atom. The summed E-state index contributed by atoms with van der Waals surface area (Å²) in [4.78, 5) is 15.2. The van der Waals surface area contributed by atoms with Crippen LogP contribution in [0.25, 0.3) is 100 Å². The summed E-state index contributed by atoms with van der Waals surface area (Å²) >= 11 is 0. The molecule has 0 unspecified atom stereocenters. The standard InChI is InChI=1S/C49H31N3O/c1-5-15-32(16-6-1)38-27-39(33-17-7-2-8-18-33)29-40(28-38)36-25-26-42-44(31-36)53-46-41-24-14-13-23-37(41)30-43(45(42)46)49-51-47(34-19-9-3-10-20-34)50-48(52-49)35-21-11-4-12-22-35/h1-31H. The largest absolute Gasteiger partial charge is 0.455 e. The highest BCUT2D eigenvalue weighted by molar-refractivity contribution is 6.21. The average Bonchev–Trinajstić information content (AvgIpc) is 3.64. The van der Waals surface area contributed by atoms with Gasteiger partial charge >= 0.3 is 0 Å². The molecule has 2 heterocycles. The van der Waals surface area contributed by atoms with Crippen molar-refractivity contribution < 1.29 is 4.42 Å². The minimum atomic E-state index is 0.600. The normalized spacial score (nSPS) is 11.4. The summed E-state index contributed by atoms with van der Waals surface area (Å²) in [6, 6.07) is 65.2. The van der Waals surface area contributed by atoms with Crippen LogP contribution in [0.3, 0.4) is 0 Å². The molecule has 10 rings (SSSR count). The molecule has 4 nitrogen and oxygen atoms in total. The van der Waals surface area contributed by atoms with Gasteiger partial charge in [-0.1, -0.05) is 152 Å². The molecule has 0 aliphatic rings. The lowest BCUT2D eigenvalue weighted by Gasteiger charge is -2.11. The number of benzene rings is 8. The van der Waals surface area contributed by atoms with Crippen LogP contribution in [0.1, 0.15) is 0 Å². The van der Waals surface area contributed by atoms with Crippen molar-refractivity contribution in [1.82, 2.24) is 15.0 Å². The third-order valence-electron chi connectivity index (χ3n) is 9.89. The monoisotopic (exact) mass is 677 g/mol. The van der Waals surface area contributed by atoms with Gasteiger partial charge in [-0.25, -0.2) is 15.0 Å². The molecule has 53 heavy (non-hydrogen) atoms. The summed E-state index contributed by atoms with van der Waals surface area (Å²) < 4.78 is 6.88. The zero-order valence-corrected chi connectivity index (χ0v) is 28.6. The van der Waals surface area contributed by atoms with Crippen LogP contribution in [-0.4, -0.2) is 15.0 Å². The summed E-state index contributed by atoms with van der Waals surface area (Å²) in [5, 5.41) is 4.09. The van der Waals surface area contributed by atoms with E-state index < -0.39 is 0 Å². The lowest BCUT2D eigenvalue weighted by Crippen LogP contribution is -2.00. The van der Waals surface area contributed by atoms with Gasteiger partial charge in [-0.2, -0.15) is 0 Å². The summed E-state index contributed by atoms with van der Waals surface area (Å²) in [6.07, 6.45) is 0. The van der Waals surface area contributed by atoms with E-state index in [0.717, 1.165) is 60.5 Å². The van der Waals surface area contributed by atoms with Crippen LogP contribution in [-0.2, 0) is 0 Å². The molecule has 0 saturated heterocycles. The van der Waals surface area contributed by atoms with Gasteiger partial charge in [0.15, 0.2) is 17.5 Å². The Balaban J connectivity index is 1.20. The van der Waals surface area contributed by atoms with Gasteiger partial charge in [0.1, 0.15) is 11.2 Å². The van der Waals surface area contributed by atoms with E-state index in [0.29, 0.717) is 17.5 Å². The van der Waals surface area contributed by atoms with E-state index in [1.807, 2.05) is 60.7 Å². The molecule has 0 amide bonds. The molecule has 0 spiro atoms. The average molecular weight is 678 g/mol. The SMILES string of the molecule is c1ccc(-c2cc(-c3ccccc3)cc(-c3ccc4c(c3)oc3c5ccccc5cc(-c5nc(-c6ccccc6)nc(-c6ccccc6)n5)c43)c2)cc1. The maximum Gasteiger partial charge on any atom is 0.164 e. The minimum Gasteiger partial charge on any atom is -0.455 e. The van der Waals surface area contributed by atoms with Crippen LogP contribution in [0, 0.1) is 0 Å². The Kier molecular flexibility index (Phi) is 7.43. The summed E-state index contributed by atoms with van der Waals surface area (Å²) in [5.74, 6) is 1.85. The zero-order chi connectivity index (χ0) is 35.1. The smallest absolute Gasteiger partial charge is 0.164 e. The van der Waals surface area contributed by atoms with Crippen molar-refractivity contribution in [3.05, 3.63) is 188 Å². The Labute approximate surface area is 306 Å². The maximum absolute atomic E-state index is 6.88. The number of fused-ring (bicyclic) bond motifs is 5. The molecule has 0 atom stereocenters. The van der Waals surface area contributed by atoms with Crippen molar-refractivity contribution in [1.29, 1.82) is 0 Å². The van der Waals surface area contributed by atoms with E-state index in [1.54, 1.807) is 0 Å². The quantitative estimate of drug-likeness (QED) is 0.176. The highest BCUT2D eigenvalue weighted by atomic mass is 16.3. The molecule has 0 aliphatic carbocycles. The number of nitrogens with zero attached hydrogens (tertiary/aromatic N) is 3. The predicted octanol–water partition coefficient (Wildman–Crippen LogP) is 12.9. The molecule has 2 aromatic heterocycles. The number of aromatic nitrogens is 3. The first-order valence-corrected chi connectivity index (χ1v) is 17.8. The molecule has 0 N–H and O–H groups in total. The van der Waals surface area contributed by atoms with Crippen LogP contribution in [0.2, 0.25) is 0 Å². The molecular formula is C49H31N3O. The van der Waals surface area contributed by atoms with Crippen molar-refractivity contribution >= 4 is 32.7 Å². The van der Waals surface area contributed by atoms with Crippen LogP contribution >= 0.6 is 0 Å². The highest BCUT2D eigenvalue weighted by Gasteiger charge is 2.21. The van der Waals surface area contributed by atoms with Gasteiger partial charge in [-0.3, -0.25) is 0 Å². The third kappa shape index (κ3) is 5.63. The van der Waals surface area contributed by atoms with E-state index in [-0.39, 0.29) is 0 Å². The van der Waals surface area contributed by atoms with Gasteiger partial charge < -0.3 is 4.42 Å². The van der Waals surface area contributed by atoms with Crippen LogP contribution in [0.4, 0.5) is 0 Å². The topological polar surface area (TPSA) is 51.8 Å². The van der Waals surface area contributed by atoms with E-state index in [4.69, 9.17) is 19.4 Å². The molecular weight excluding hydrogens is 647 g/mol. The predicted molar refractivity (Wildman–Crippen MR) is 217 cm³/mol. The number of hydrogen-bond donors (Lipinski definition) is 0. The number of rotatable bonds is 6. The van der Waals surface area contributed by atoms with Crippen LogP contribution in [0.15, 0.2) is 192 Å². The van der Waals surface area contributed by atoms with E-state index in [2.05, 4.69) is 127 Å². The lowest BCUT2D eigenvalue weighted by atomic mass is 9.93. The zero-order valence-electron chi connectivity index (χ0n) is 28.6. The molecule has 8 aromatic carbocycles. The lowest BCUT2D eigenvalue weighted by molar-refractivity contribution is 0.673. The van der Waals surface area contributed by atoms with E-state index >= 15 is 0 Å². The molecule has 0 radical (unpaired) electrons. The molecule has 0 saturated carbocycles. The second kappa shape index (κ2) is 12.9. The molecule has 0 bridgehead atoms. The molecule has 0 fully saturated rings. The van der Waals surface area contributed by atoms with Crippen LogP contribution in [0.5, 0.6) is 0 Å². The fourth-order valence-corrected chi connectivity index (χ4v) is 7.28. The third-order valence-corrected chi connectivity index (χ3v) is 9.89. The van der Waals surface area contributed by atoms with Gasteiger partial charge in [-0.05, 0) is 75.2 Å². The van der Waals surface area contributed by atoms with Crippen molar-refractivity contribution in [2.75, 3.05) is 0 Å². The summed E-state index contributed by atoms with van der Waals surface area (Å²) in [5.41, 5.74) is 11.3. The van der Waals surface area contributed by atoms with Crippen molar-refractivity contribution in [3.63, 3.8) is 0 Å².